The van der Waals surface area contributed by atoms with Gasteiger partial charge in [0.2, 0.25) is 0 Å². The van der Waals surface area contributed by atoms with E-state index in [0.29, 0.717) is 11.7 Å². The van der Waals surface area contributed by atoms with E-state index < -0.39 is 0 Å². The molecule has 1 fully saturated rings. The van der Waals surface area contributed by atoms with Crippen molar-refractivity contribution in [3.05, 3.63) is 11.6 Å². The first-order valence-electron chi connectivity index (χ1n) is 5.34. The van der Waals surface area contributed by atoms with Gasteiger partial charge in [0.05, 0.1) is 0 Å². The van der Waals surface area contributed by atoms with Crippen molar-refractivity contribution < 1.29 is 4.79 Å². The van der Waals surface area contributed by atoms with E-state index in [1.54, 1.807) is 0 Å². The van der Waals surface area contributed by atoms with E-state index in [1.807, 2.05) is 0 Å². The van der Waals surface area contributed by atoms with Gasteiger partial charge >= 0.3 is 0 Å². The molecule has 2 aliphatic rings. The maximum absolute atomic E-state index is 11.8. The van der Waals surface area contributed by atoms with Gasteiger partial charge < -0.3 is 0 Å². The van der Waals surface area contributed by atoms with Crippen LogP contribution in [-0.4, -0.2) is 5.78 Å². The third-order valence-electron chi connectivity index (χ3n) is 4.08. The normalized spacial score (nSPS) is 39.7. The number of carbonyl (C=O) groups is 1. The monoisotopic (exact) mass is 178 g/mol. The first kappa shape index (κ1) is 8.98. The van der Waals surface area contributed by atoms with Crippen LogP contribution >= 0.6 is 0 Å². The maximum atomic E-state index is 11.8. The third-order valence-corrected chi connectivity index (χ3v) is 4.08. The lowest BCUT2D eigenvalue weighted by Crippen LogP contribution is -2.32. The Kier molecular flexibility index (Phi) is 2.05. The predicted octanol–water partition coefficient (Wildman–Crippen LogP) is 3.10. The topological polar surface area (TPSA) is 17.1 Å². The highest BCUT2D eigenvalue weighted by Gasteiger charge is 2.46. The minimum absolute atomic E-state index is 0.0551. The van der Waals surface area contributed by atoms with Gasteiger partial charge in [0.1, 0.15) is 5.78 Å². The lowest BCUT2D eigenvalue weighted by Gasteiger charge is -2.34. The first-order valence-corrected chi connectivity index (χ1v) is 5.34. The Morgan fingerprint density at radius 3 is 2.69 bits per heavy atom. The Labute approximate surface area is 80.2 Å². The molecule has 1 saturated carbocycles. The average molecular weight is 178 g/mol. The standard InChI is InChI=1S/C12H18O/c1-9-5-7-12(8-6-9)10(2)3-4-11(12)13/h5,10H,3-4,6-8H2,1-2H3. The van der Waals surface area contributed by atoms with E-state index in [4.69, 9.17) is 0 Å². The summed E-state index contributed by atoms with van der Waals surface area (Å²) in [4.78, 5) is 11.8. The molecule has 0 radical (unpaired) electrons. The summed E-state index contributed by atoms with van der Waals surface area (Å²) < 4.78 is 0. The van der Waals surface area contributed by atoms with E-state index in [1.165, 1.54) is 5.57 Å². The van der Waals surface area contributed by atoms with Crippen LogP contribution in [0.5, 0.6) is 0 Å². The van der Waals surface area contributed by atoms with E-state index >= 15 is 0 Å². The van der Waals surface area contributed by atoms with E-state index in [9.17, 15) is 4.79 Å². The van der Waals surface area contributed by atoms with Gasteiger partial charge in [-0.3, -0.25) is 4.79 Å². The fourth-order valence-corrected chi connectivity index (χ4v) is 2.83. The zero-order valence-corrected chi connectivity index (χ0v) is 8.60. The van der Waals surface area contributed by atoms with Gasteiger partial charge in [0, 0.05) is 11.8 Å². The van der Waals surface area contributed by atoms with Crippen molar-refractivity contribution in [2.45, 2.75) is 46.0 Å². The predicted molar refractivity (Wildman–Crippen MR) is 53.4 cm³/mol. The molecular formula is C12H18O. The summed E-state index contributed by atoms with van der Waals surface area (Å²) in [5.74, 6) is 1.15. The summed E-state index contributed by atoms with van der Waals surface area (Å²) >= 11 is 0. The molecule has 1 spiro atoms. The molecule has 1 heteroatoms. The average Bonchev–Trinajstić information content (AvgIpc) is 2.39. The second kappa shape index (κ2) is 2.97. The minimum atomic E-state index is 0.0551. The number of allylic oxidation sites excluding steroid dienone is 2. The van der Waals surface area contributed by atoms with Crippen LogP contribution in [0.1, 0.15) is 46.0 Å². The number of carbonyl (C=O) groups excluding carboxylic acids is 1. The molecular weight excluding hydrogens is 160 g/mol. The lowest BCUT2D eigenvalue weighted by molar-refractivity contribution is -0.127. The number of Topliss-reactive ketones (excluding diaryl/α,β-unsaturated/α-hetero) is 1. The minimum Gasteiger partial charge on any atom is -0.299 e. The molecule has 1 nitrogen and oxygen atoms in total. The fourth-order valence-electron chi connectivity index (χ4n) is 2.83. The molecule has 2 rings (SSSR count). The van der Waals surface area contributed by atoms with Crippen molar-refractivity contribution in [3.8, 4) is 0 Å². The van der Waals surface area contributed by atoms with Gasteiger partial charge in [-0.25, -0.2) is 0 Å². The zero-order valence-electron chi connectivity index (χ0n) is 8.60. The van der Waals surface area contributed by atoms with Crippen LogP contribution in [0.15, 0.2) is 11.6 Å². The highest BCUT2D eigenvalue weighted by atomic mass is 16.1. The van der Waals surface area contributed by atoms with Gasteiger partial charge in [0.15, 0.2) is 0 Å². The number of hydrogen-bond acceptors (Lipinski definition) is 1. The van der Waals surface area contributed by atoms with Gasteiger partial charge in [-0.1, -0.05) is 18.6 Å². The molecule has 0 aromatic carbocycles. The zero-order chi connectivity index (χ0) is 9.47. The Hall–Kier alpha value is -0.590. The molecule has 0 saturated heterocycles. The van der Waals surface area contributed by atoms with Crippen LogP contribution < -0.4 is 0 Å². The molecule has 0 amide bonds. The van der Waals surface area contributed by atoms with Crippen LogP contribution in [0, 0.1) is 11.3 Å². The largest absolute Gasteiger partial charge is 0.299 e. The summed E-state index contributed by atoms with van der Waals surface area (Å²) in [6.45, 7) is 4.43. The molecule has 2 unspecified atom stereocenters. The molecule has 0 N–H and O–H groups in total. The SMILES string of the molecule is CC1=CCC2(CC1)C(=O)CCC2C. The Morgan fingerprint density at radius 2 is 2.23 bits per heavy atom. The van der Waals surface area contributed by atoms with Crippen molar-refractivity contribution in [1.82, 2.24) is 0 Å². The van der Waals surface area contributed by atoms with Crippen molar-refractivity contribution >= 4 is 5.78 Å². The number of ketones is 1. The van der Waals surface area contributed by atoms with E-state index in [-0.39, 0.29) is 5.41 Å². The Morgan fingerprint density at radius 1 is 1.46 bits per heavy atom. The summed E-state index contributed by atoms with van der Waals surface area (Å²) in [6, 6.07) is 0. The van der Waals surface area contributed by atoms with Crippen LogP contribution in [0.3, 0.4) is 0 Å². The van der Waals surface area contributed by atoms with Crippen molar-refractivity contribution in [2.24, 2.45) is 11.3 Å². The molecule has 72 valence electrons. The molecule has 13 heavy (non-hydrogen) atoms. The van der Waals surface area contributed by atoms with Gasteiger partial charge in [-0.15, -0.1) is 0 Å². The molecule has 0 heterocycles. The Balaban J connectivity index is 2.25. The quantitative estimate of drug-likeness (QED) is 0.521. The maximum Gasteiger partial charge on any atom is 0.139 e. The fraction of sp³-hybridized carbons (Fsp3) is 0.750. The summed E-state index contributed by atoms with van der Waals surface area (Å²) in [5.41, 5.74) is 1.53. The van der Waals surface area contributed by atoms with Crippen molar-refractivity contribution in [2.75, 3.05) is 0 Å². The van der Waals surface area contributed by atoms with Crippen LogP contribution in [0.25, 0.3) is 0 Å². The highest BCUT2D eigenvalue weighted by Crippen LogP contribution is 2.49. The molecule has 2 aliphatic carbocycles. The molecule has 0 bridgehead atoms. The lowest BCUT2D eigenvalue weighted by atomic mass is 9.68. The van der Waals surface area contributed by atoms with Crippen LogP contribution in [0.2, 0.25) is 0 Å². The third kappa shape index (κ3) is 1.25. The molecule has 0 aliphatic heterocycles. The van der Waals surface area contributed by atoms with Gasteiger partial charge in [-0.05, 0) is 38.5 Å². The summed E-state index contributed by atoms with van der Waals surface area (Å²) in [5, 5.41) is 0. The van der Waals surface area contributed by atoms with Gasteiger partial charge in [0.25, 0.3) is 0 Å². The van der Waals surface area contributed by atoms with Crippen molar-refractivity contribution in [1.29, 1.82) is 0 Å². The second-order valence-electron chi connectivity index (χ2n) is 4.77. The molecule has 0 aromatic heterocycles. The number of rotatable bonds is 0. The summed E-state index contributed by atoms with van der Waals surface area (Å²) in [6.07, 6.45) is 7.48. The van der Waals surface area contributed by atoms with E-state index in [0.717, 1.165) is 32.1 Å². The van der Waals surface area contributed by atoms with Crippen LogP contribution in [-0.2, 0) is 4.79 Å². The summed E-state index contributed by atoms with van der Waals surface area (Å²) in [7, 11) is 0. The van der Waals surface area contributed by atoms with Gasteiger partial charge in [-0.2, -0.15) is 0 Å². The smallest absolute Gasteiger partial charge is 0.139 e. The Bertz CT molecular complexity index is 264. The number of hydrogen-bond donors (Lipinski definition) is 0. The van der Waals surface area contributed by atoms with Crippen LogP contribution in [0.4, 0.5) is 0 Å². The molecule has 0 aromatic rings. The van der Waals surface area contributed by atoms with Crippen molar-refractivity contribution in [3.63, 3.8) is 0 Å². The van der Waals surface area contributed by atoms with E-state index in [2.05, 4.69) is 19.9 Å². The second-order valence-corrected chi connectivity index (χ2v) is 4.77. The highest BCUT2D eigenvalue weighted by molar-refractivity contribution is 5.87. The first-order chi connectivity index (χ1) is 6.15. The molecule has 2 atom stereocenters.